The second-order valence-electron chi connectivity index (χ2n) is 6.15. The van der Waals surface area contributed by atoms with Crippen molar-refractivity contribution >= 4 is 0 Å². The van der Waals surface area contributed by atoms with E-state index in [1.807, 2.05) is 45.0 Å². The molecule has 0 saturated heterocycles. The molecule has 2 heteroatoms. The Morgan fingerprint density at radius 2 is 1.79 bits per heavy atom. The maximum Gasteiger partial charge on any atom is 0.125 e. The molecular weight excluding hydrogens is 236 g/mol. The summed E-state index contributed by atoms with van der Waals surface area (Å²) in [5.41, 5.74) is 0.155. The lowest BCUT2D eigenvalue weighted by molar-refractivity contribution is -0.0240. The SMILES string of the molecule is CC(C)Oc1ccccc1C(C)(O)C1CCCCC1. The summed E-state index contributed by atoms with van der Waals surface area (Å²) in [5.74, 6) is 1.17. The first-order valence-electron chi connectivity index (χ1n) is 7.50. The van der Waals surface area contributed by atoms with Crippen LogP contribution in [0.2, 0.25) is 0 Å². The third-order valence-corrected chi connectivity index (χ3v) is 4.20. The molecule has 1 atom stereocenters. The molecule has 2 rings (SSSR count). The Kier molecular flexibility index (Phi) is 4.51. The fourth-order valence-corrected chi connectivity index (χ4v) is 3.13. The van der Waals surface area contributed by atoms with Gasteiger partial charge in [-0.25, -0.2) is 0 Å². The van der Waals surface area contributed by atoms with E-state index >= 15 is 0 Å². The van der Waals surface area contributed by atoms with Crippen molar-refractivity contribution in [3.8, 4) is 5.75 Å². The molecule has 0 aromatic heterocycles. The number of aliphatic hydroxyl groups is 1. The van der Waals surface area contributed by atoms with Crippen LogP contribution < -0.4 is 4.74 Å². The molecule has 19 heavy (non-hydrogen) atoms. The van der Waals surface area contributed by atoms with Gasteiger partial charge in [0.05, 0.1) is 11.7 Å². The third kappa shape index (κ3) is 3.30. The summed E-state index contributed by atoms with van der Waals surface area (Å²) in [6, 6.07) is 7.93. The van der Waals surface area contributed by atoms with Crippen LogP contribution in [0.5, 0.6) is 5.75 Å². The molecular formula is C17H26O2. The Balaban J connectivity index is 2.27. The average Bonchev–Trinajstić information content (AvgIpc) is 2.39. The normalized spacial score (nSPS) is 20.3. The van der Waals surface area contributed by atoms with Crippen molar-refractivity contribution in [2.45, 2.75) is 64.6 Å². The van der Waals surface area contributed by atoms with Crippen LogP contribution in [0.15, 0.2) is 24.3 Å². The molecule has 0 bridgehead atoms. The van der Waals surface area contributed by atoms with Gasteiger partial charge in [0.25, 0.3) is 0 Å². The summed E-state index contributed by atoms with van der Waals surface area (Å²) < 4.78 is 5.86. The Hall–Kier alpha value is -1.02. The van der Waals surface area contributed by atoms with Gasteiger partial charge in [-0.2, -0.15) is 0 Å². The van der Waals surface area contributed by atoms with Gasteiger partial charge in [-0.3, -0.25) is 0 Å². The molecule has 1 aromatic carbocycles. The van der Waals surface area contributed by atoms with E-state index in [0.717, 1.165) is 24.2 Å². The molecule has 2 nitrogen and oxygen atoms in total. The minimum atomic E-state index is -0.786. The van der Waals surface area contributed by atoms with E-state index in [2.05, 4.69) is 0 Å². The average molecular weight is 262 g/mol. The lowest BCUT2D eigenvalue weighted by Gasteiger charge is -2.37. The predicted molar refractivity (Wildman–Crippen MR) is 78.4 cm³/mol. The number of hydrogen-bond acceptors (Lipinski definition) is 2. The molecule has 0 radical (unpaired) electrons. The van der Waals surface area contributed by atoms with Crippen LogP contribution in [0.3, 0.4) is 0 Å². The van der Waals surface area contributed by atoms with E-state index in [9.17, 15) is 5.11 Å². The highest BCUT2D eigenvalue weighted by Gasteiger charge is 2.36. The second-order valence-corrected chi connectivity index (χ2v) is 6.15. The number of para-hydroxylation sites is 1. The Morgan fingerprint density at radius 3 is 2.42 bits per heavy atom. The number of hydrogen-bond donors (Lipinski definition) is 1. The van der Waals surface area contributed by atoms with E-state index in [1.54, 1.807) is 0 Å². The van der Waals surface area contributed by atoms with Gasteiger partial charge in [0.2, 0.25) is 0 Å². The van der Waals surface area contributed by atoms with Crippen LogP contribution in [0.1, 0.15) is 58.4 Å². The Labute approximate surface area is 116 Å². The summed E-state index contributed by atoms with van der Waals surface area (Å²) in [6.45, 7) is 5.99. The quantitative estimate of drug-likeness (QED) is 0.878. The second kappa shape index (κ2) is 5.96. The zero-order valence-electron chi connectivity index (χ0n) is 12.4. The zero-order chi connectivity index (χ0) is 13.9. The topological polar surface area (TPSA) is 29.5 Å². The highest BCUT2D eigenvalue weighted by Crippen LogP contribution is 2.42. The van der Waals surface area contributed by atoms with Gasteiger partial charge >= 0.3 is 0 Å². The summed E-state index contributed by atoms with van der Waals surface area (Å²) in [7, 11) is 0. The molecule has 1 fully saturated rings. The predicted octanol–water partition coefficient (Wildman–Crippen LogP) is 4.26. The maximum absolute atomic E-state index is 11.0. The first-order valence-corrected chi connectivity index (χ1v) is 7.50. The van der Waals surface area contributed by atoms with Crippen molar-refractivity contribution < 1.29 is 9.84 Å². The van der Waals surface area contributed by atoms with Crippen LogP contribution in [-0.4, -0.2) is 11.2 Å². The van der Waals surface area contributed by atoms with Crippen molar-refractivity contribution in [2.24, 2.45) is 5.92 Å². The summed E-state index contributed by atoms with van der Waals surface area (Å²) in [4.78, 5) is 0. The van der Waals surface area contributed by atoms with Gasteiger partial charge in [-0.05, 0) is 45.6 Å². The lowest BCUT2D eigenvalue weighted by atomic mass is 9.74. The first kappa shape index (κ1) is 14.4. The summed E-state index contributed by atoms with van der Waals surface area (Å²) >= 11 is 0. The maximum atomic E-state index is 11.0. The highest BCUT2D eigenvalue weighted by molar-refractivity contribution is 5.38. The molecule has 0 spiro atoms. The molecule has 0 heterocycles. The molecule has 1 N–H and O–H groups in total. The van der Waals surface area contributed by atoms with Gasteiger partial charge < -0.3 is 9.84 Å². The Morgan fingerprint density at radius 1 is 1.16 bits per heavy atom. The van der Waals surface area contributed by atoms with Crippen molar-refractivity contribution in [3.63, 3.8) is 0 Å². The molecule has 1 aliphatic rings. The minimum absolute atomic E-state index is 0.128. The first-order chi connectivity index (χ1) is 9.01. The van der Waals surface area contributed by atoms with Crippen LogP contribution >= 0.6 is 0 Å². The smallest absolute Gasteiger partial charge is 0.125 e. The highest BCUT2D eigenvalue weighted by atomic mass is 16.5. The van der Waals surface area contributed by atoms with E-state index in [-0.39, 0.29) is 6.10 Å². The van der Waals surface area contributed by atoms with Crippen molar-refractivity contribution in [3.05, 3.63) is 29.8 Å². The minimum Gasteiger partial charge on any atom is -0.491 e. The lowest BCUT2D eigenvalue weighted by Crippen LogP contribution is -2.34. The van der Waals surface area contributed by atoms with E-state index in [0.29, 0.717) is 5.92 Å². The van der Waals surface area contributed by atoms with Gasteiger partial charge in [0.1, 0.15) is 5.75 Å². The molecule has 106 valence electrons. The third-order valence-electron chi connectivity index (χ3n) is 4.20. The summed E-state index contributed by atoms with van der Waals surface area (Å²) in [6.07, 6.45) is 6.12. The van der Waals surface area contributed by atoms with E-state index < -0.39 is 5.60 Å². The van der Waals surface area contributed by atoms with Crippen molar-refractivity contribution in [1.82, 2.24) is 0 Å². The number of benzene rings is 1. The zero-order valence-corrected chi connectivity index (χ0v) is 12.4. The van der Waals surface area contributed by atoms with Crippen LogP contribution in [-0.2, 0) is 5.60 Å². The van der Waals surface area contributed by atoms with Crippen molar-refractivity contribution in [1.29, 1.82) is 0 Å². The molecule has 1 aliphatic carbocycles. The Bertz CT molecular complexity index is 403. The van der Waals surface area contributed by atoms with E-state index in [4.69, 9.17) is 4.74 Å². The standard InChI is InChI=1S/C17H26O2/c1-13(2)19-16-12-8-7-11-15(16)17(3,18)14-9-5-4-6-10-14/h7-8,11-14,18H,4-6,9-10H2,1-3H3. The molecule has 0 aliphatic heterocycles. The van der Waals surface area contributed by atoms with E-state index in [1.165, 1.54) is 19.3 Å². The molecule has 1 unspecified atom stereocenters. The fraction of sp³-hybridized carbons (Fsp3) is 0.647. The largest absolute Gasteiger partial charge is 0.491 e. The number of rotatable bonds is 4. The van der Waals surface area contributed by atoms with Gasteiger partial charge in [-0.15, -0.1) is 0 Å². The van der Waals surface area contributed by atoms with Gasteiger partial charge in [0.15, 0.2) is 0 Å². The van der Waals surface area contributed by atoms with Crippen LogP contribution in [0.4, 0.5) is 0 Å². The molecule has 1 saturated carbocycles. The van der Waals surface area contributed by atoms with Gasteiger partial charge in [-0.1, -0.05) is 37.5 Å². The monoisotopic (exact) mass is 262 g/mol. The fourth-order valence-electron chi connectivity index (χ4n) is 3.13. The van der Waals surface area contributed by atoms with Crippen LogP contribution in [0.25, 0.3) is 0 Å². The van der Waals surface area contributed by atoms with Crippen LogP contribution in [0, 0.1) is 5.92 Å². The number of ether oxygens (including phenoxy) is 1. The summed E-state index contributed by atoms with van der Waals surface area (Å²) in [5, 5.41) is 11.0. The van der Waals surface area contributed by atoms with Crippen molar-refractivity contribution in [2.75, 3.05) is 0 Å². The molecule has 0 amide bonds. The van der Waals surface area contributed by atoms with Gasteiger partial charge in [0, 0.05) is 5.56 Å². The molecule has 1 aromatic rings.